The first-order chi connectivity index (χ1) is 6.66. The zero-order valence-corrected chi connectivity index (χ0v) is 9.23. The third kappa shape index (κ3) is 0.834. The first-order valence-corrected chi connectivity index (χ1v) is 5.36. The Hall–Kier alpha value is -0.160. The lowest BCUT2D eigenvalue weighted by Crippen LogP contribution is -2.91. The maximum absolute atomic E-state index is 5.64. The summed E-state index contributed by atoms with van der Waals surface area (Å²) in [5, 5.41) is 0. The van der Waals surface area contributed by atoms with Crippen LogP contribution >= 0.6 is 0 Å². The molecule has 3 fully saturated rings. The van der Waals surface area contributed by atoms with Gasteiger partial charge in [0.05, 0.1) is 31.5 Å². The van der Waals surface area contributed by atoms with E-state index < -0.39 is 0 Å². The fraction of sp³-hybridized carbons (Fsp3) is 1.00. The van der Waals surface area contributed by atoms with Gasteiger partial charge in [-0.25, -0.2) is 0 Å². The van der Waals surface area contributed by atoms with Gasteiger partial charge in [-0.15, -0.1) is 0 Å². The minimum Gasteiger partial charge on any atom is -0.378 e. The number of piperazine rings is 1. The summed E-state index contributed by atoms with van der Waals surface area (Å²) < 4.78 is 5.64. The second kappa shape index (κ2) is 2.70. The summed E-state index contributed by atoms with van der Waals surface area (Å²) in [6.07, 6.45) is 0. The summed E-state index contributed by atoms with van der Waals surface area (Å²) >= 11 is 0. The fourth-order valence-corrected chi connectivity index (χ4v) is 3.42. The minimum absolute atomic E-state index is 0.399. The zero-order chi connectivity index (χ0) is 9.92. The van der Waals surface area contributed by atoms with Gasteiger partial charge in [0.2, 0.25) is 0 Å². The highest BCUT2D eigenvalue weighted by Crippen LogP contribution is 2.51. The first-order valence-electron chi connectivity index (χ1n) is 5.36. The highest BCUT2D eigenvalue weighted by molar-refractivity contribution is 5.27. The minimum atomic E-state index is 0.399. The molecule has 3 rings (SSSR count). The van der Waals surface area contributed by atoms with Crippen molar-refractivity contribution in [2.45, 2.75) is 17.6 Å². The topological polar surface area (TPSA) is 19.0 Å². The molecule has 3 heterocycles. The molecule has 0 saturated carbocycles. The van der Waals surface area contributed by atoms with Gasteiger partial charge in [-0.05, 0) is 21.1 Å². The quantitative estimate of drug-likeness (QED) is 0.581. The third-order valence-electron chi connectivity index (χ3n) is 4.17. The van der Waals surface area contributed by atoms with Crippen LogP contribution in [0.15, 0.2) is 0 Å². The Balaban J connectivity index is 1.75. The van der Waals surface area contributed by atoms with Gasteiger partial charge >= 0.3 is 0 Å². The van der Waals surface area contributed by atoms with Crippen LogP contribution in [0, 0.1) is 0 Å². The van der Waals surface area contributed by atoms with Crippen molar-refractivity contribution in [3.05, 3.63) is 0 Å². The van der Waals surface area contributed by atoms with E-state index in [4.69, 9.17) is 4.74 Å². The van der Waals surface area contributed by atoms with E-state index in [1.165, 1.54) is 6.54 Å². The lowest BCUT2D eigenvalue weighted by Gasteiger charge is -2.71. The van der Waals surface area contributed by atoms with E-state index in [2.05, 4.69) is 35.8 Å². The molecule has 0 bridgehead atoms. The van der Waals surface area contributed by atoms with Gasteiger partial charge in [0.1, 0.15) is 0 Å². The van der Waals surface area contributed by atoms with Crippen molar-refractivity contribution in [3.8, 4) is 0 Å². The van der Waals surface area contributed by atoms with Crippen LogP contribution in [0.5, 0.6) is 0 Å². The molecule has 3 aliphatic heterocycles. The lowest BCUT2D eigenvalue weighted by atomic mass is 9.66. The smallest absolute Gasteiger partial charge is 0.0790 e. The Bertz CT molecular complexity index is 258. The molecular weight excluding hydrogens is 178 g/mol. The monoisotopic (exact) mass is 197 g/mol. The van der Waals surface area contributed by atoms with Crippen molar-refractivity contribution >= 4 is 0 Å². The second-order valence-corrected chi connectivity index (χ2v) is 5.15. The Kier molecular flexibility index (Phi) is 1.75. The number of nitrogens with zero attached hydrogens (tertiary/aromatic N) is 3. The normalized spacial score (nSPS) is 47.1. The Morgan fingerprint density at radius 3 is 2.86 bits per heavy atom. The van der Waals surface area contributed by atoms with E-state index in [0.717, 1.165) is 25.9 Å². The van der Waals surface area contributed by atoms with Crippen molar-refractivity contribution in [3.63, 3.8) is 0 Å². The standard InChI is InChI=1S/C10H19N3O/c1-11(2)7-13-8-4-12(3)10(8)6-14-5-9(10)13/h8-9H,4-7H2,1-3H3. The average Bonchev–Trinajstić information content (AvgIpc) is 2.54. The molecule has 4 heteroatoms. The highest BCUT2D eigenvalue weighted by Gasteiger charge is 2.71. The molecule has 0 aliphatic carbocycles. The maximum Gasteiger partial charge on any atom is 0.0790 e. The van der Waals surface area contributed by atoms with Crippen LogP contribution in [-0.2, 0) is 4.74 Å². The van der Waals surface area contributed by atoms with Gasteiger partial charge in [0.15, 0.2) is 0 Å². The van der Waals surface area contributed by atoms with Crippen molar-refractivity contribution < 1.29 is 4.74 Å². The maximum atomic E-state index is 5.64. The molecule has 0 aromatic rings. The molecule has 14 heavy (non-hydrogen) atoms. The summed E-state index contributed by atoms with van der Waals surface area (Å²) in [6.45, 7) is 4.17. The van der Waals surface area contributed by atoms with Crippen LogP contribution in [0.4, 0.5) is 0 Å². The SMILES string of the molecule is CN(C)CN1C2COCC23C1CN3C. The number of rotatable bonds is 2. The van der Waals surface area contributed by atoms with E-state index in [-0.39, 0.29) is 0 Å². The summed E-state index contributed by atoms with van der Waals surface area (Å²) in [5.74, 6) is 0. The van der Waals surface area contributed by atoms with Gasteiger partial charge in [0, 0.05) is 12.6 Å². The summed E-state index contributed by atoms with van der Waals surface area (Å²) in [6, 6.07) is 1.40. The molecule has 0 aromatic carbocycles. The largest absolute Gasteiger partial charge is 0.378 e. The molecule has 0 aromatic heterocycles. The Morgan fingerprint density at radius 2 is 2.21 bits per heavy atom. The Labute approximate surface area is 85.4 Å². The predicted molar refractivity (Wildman–Crippen MR) is 54.1 cm³/mol. The van der Waals surface area contributed by atoms with Crippen molar-refractivity contribution in [2.24, 2.45) is 0 Å². The van der Waals surface area contributed by atoms with E-state index in [1.807, 2.05) is 0 Å². The van der Waals surface area contributed by atoms with Gasteiger partial charge in [0.25, 0.3) is 0 Å². The summed E-state index contributed by atoms with van der Waals surface area (Å²) in [4.78, 5) is 7.31. The fourth-order valence-electron chi connectivity index (χ4n) is 3.42. The van der Waals surface area contributed by atoms with Crippen LogP contribution in [0.2, 0.25) is 0 Å². The molecule has 0 radical (unpaired) electrons. The van der Waals surface area contributed by atoms with Gasteiger partial charge < -0.3 is 4.74 Å². The predicted octanol–water partition coefficient (Wildman–Crippen LogP) is -0.727. The van der Waals surface area contributed by atoms with Crippen LogP contribution < -0.4 is 0 Å². The average molecular weight is 197 g/mol. The van der Waals surface area contributed by atoms with Crippen LogP contribution in [0.25, 0.3) is 0 Å². The summed E-state index contributed by atoms with van der Waals surface area (Å²) in [5.41, 5.74) is 0.399. The molecule has 3 unspecified atom stereocenters. The molecule has 4 nitrogen and oxygen atoms in total. The molecule has 3 saturated heterocycles. The van der Waals surface area contributed by atoms with Crippen LogP contribution in [-0.4, -0.2) is 79.9 Å². The van der Waals surface area contributed by atoms with Crippen LogP contribution in [0.3, 0.4) is 0 Å². The number of hydrogen-bond donors (Lipinski definition) is 0. The molecule has 3 atom stereocenters. The van der Waals surface area contributed by atoms with Gasteiger partial charge in [-0.1, -0.05) is 0 Å². The van der Waals surface area contributed by atoms with Crippen molar-refractivity contribution in [1.82, 2.24) is 14.7 Å². The summed E-state index contributed by atoms with van der Waals surface area (Å²) in [7, 11) is 6.50. The van der Waals surface area contributed by atoms with Crippen LogP contribution in [0.1, 0.15) is 0 Å². The number of hydrogen-bond acceptors (Lipinski definition) is 4. The van der Waals surface area contributed by atoms with E-state index in [0.29, 0.717) is 11.6 Å². The zero-order valence-electron chi connectivity index (χ0n) is 9.23. The second-order valence-electron chi connectivity index (χ2n) is 5.15. The molecule has 3 aliphatic rings. The van der Waals surface area contributed by atoms with E-state index in [1.54, 1.807) is 0 Å². The van der Waals surface area contributed by atoms with Crippen molar-refractivity contribution in [1.29, 1.82) is 0 Å². The molecule has 1 spiro atoms. The lowest BCUT2D eigenvalue weighted by molar-refractivity contribution is -0.222. The van der Waals surface area contributed by atoms with E-state index >= 15 is 0 Å². The Morgan fingerprint density at radius 1 is 1.43 bits per heavy atom. The van der Waals surface area contributed by atoms with Gasteiger partial charge in [-0.2, -0.15) is 0 Å². The number of likely N-dealkylation sites (N-methyl/N-ethyl adjacent to an activating group) is 1. The number of ether oxygens (including phenoxy) is 1. The van der Waals surface area contributed by atoms with E-state index in [9.17, 15) is 0 Å². The third-order valence-corrected chi connectivity index (χ3v) is 4.17. The molecule has 0 amide bonds. The van der Waals surface area contributed by atoms with Crippen molar-refractivity contribution in [2.75, 3.05) is 47.6 Å². The number of likely N-dealkylation sites (tertiary alicyclic amines) is 2. The first kappa shape index (κ1) is 9.09. The molecule has 80 valence electrons. The highest BCUT2D eigenvalue weighted by atomic mass is 16.5. The molecular formula is C10H19N3O. The molecule has 0 N–H and O–H groups in total. The van der Waals surface area contributed by atoms with Gasteiger partial charge in [-0.3, -0.25) is 14.7 Å².